The zero-order valence-electron chi connectivity index (χ0n) is 13.8. The zero-order chi connectivity index (χ0) is 18.2. The minimum atomic E-state index is -0.655. The van der Waals surface area contributed by atoms with E-state index in [1.165, 1.54) is 6.20 Å². The number of imidazole rings is 1. The van der Waals surface area contributed by atoms with E-state index >= 15 is 0 Å². The Morgan fingerprint density at radius 2 is 2.12 bits per heavy atom. The number of halogens is 1. The highest BCUT2D eigenvalue weighted by atomic mass is 79.9. The van der Waals surface area contributed by atoms with E-state index in [0.29, 0.717) is 5.65 Å². The monoisotopic (exact) mass is 405 g/mol. The van der Waals surface area contributed by atoms with Gasteiger partial charge in [0, 0.05) is 12.4 Å². The van der Waals surface area contributed by atoms with Gasteiger partial charge in [0.2, 0.25) is 0 Å². The van der Waals surface area contributed by atoms with Crippen LogP contribution in [0.5, 0.6) is 0 Å². The Kier molecular flexibility index (Phi) is 4.34. The number of hydrogen-bond acceptors (Lipinski definition) is 5. The van der Waals surface area contributed by atoms with E-state index in [-0.39, 0.29) is 17.1 Å². The summed E-state index contributed by atoms with van der Waals surface area (Å²) in [7, 11) is 0. The van der Waals surface area contributed by atoms with Gasteiger partial charge in [-0.1, -0.05) is 0 Å². The van der Waals surface area contributed by atoms with Gasteiger partial charge in [-0.25, -0.2) is 9.78 Å². The van der Waals surface area contributed by atoms with Crippen LogP contribution < -0.4 is 5.32 Å². The summed E-state index contributed by atoms with van der Waals surface area (Å²) < 4.78 is 7.78. The Labute approximate surface area is 151 Å². The minimum Gasteiger partial charge on any atom is -0.455 e. The number of rotatable bonds is 3. The predicted octanol–water partition coefficient (Wildman–Crippen LogP) is 3.03. The molecule has 0 bridgehead atoms. The summed E-state index contributed by atoms with van der Waals surface area (Å²) in [6.07, 6.45) is 4.74. The van der Waals surface area contributed by atoms with Crippen molar-refractivity contribution in [1.29, 1.82) is 0 Å². The third-order valence-electron chi connectivity index (χ3n) is 3.16. The molecular weight excluding hydrogens is 390 g/mol. The molecule has 0 aliphatic carbocycles. The fraction of sp³-hybridized carbons (Fsp3) is 0.250. The number of carbonyl (C=O) groups is 2. The standard InChI is InChI=1S/C16H16BrN5O3/c1-16(2,3)25-15(24)12-10(7-18-21-12)20-14(23)11-8-22-6-4-5-9(17)13(22)19-11/h4-8H,1-3H3,(H,18,21)(H,20,23). The SMILES string of the molecule is CC(C)(C)OC(=O)c1[nH]ncc1NC(=O)c1cn2cccc(Br)c2n1. The van der Waals surface area contributed by atoms with Gasteiger partial charge in [-0.15, -0.1) is 0 Å². The zero-order valence-corrected chi connectivity index (χ0v) is 15.4. The molecule has 0 saturated carbocycles. The van der Waals surface area contributed by atoms with E-state index in [1.807, 2.05) is 12.1 Å². The van der Waals surface area contributed by atoms with E-state index in [2.05, 4.69) is 36.4 Å². The van der Waals surface area contributed by atoms with Gasteiger partial charge < -0.3 is 14.5 Å². The van der Waals surface area contributed by atoms with Gasteiger partial charge in [-0.2, -0.15) is 5.10 Å². The highest BCUT2D eigenvalue weighted by molar-refractivity contribution is 9.10. The summed E-state index contributed by atoms with van der Waals surface area (Å²) in [5, 5.41) is 8.98. The van der Waals surface area contributed by atoms with Crippen molar-refractivity contribution < 1.29 is 14.3 Å². The molecule has 0 fully saturated rings. The lowest BCUT2D eigenvalue weighted by Gasteiger charge is -2.19. The number of hydrogen-bond donors (Lipinski definition) is 2. The van der Waals surface area contributed by atoms with Crippen molar-refractivity contribution in [2.45, 2.75) is 26.4 Å². The van der Waals surface area contributed by atoms with Crippen LogP contribution >= 0.6 is 15.9 Å². The van der Waals surface area contributed by atoms with Gasteiger partial charge in [0.25, 0.3) is 5.91 Å². The summed E-state index contributed by atoms with van der Waals surface area (Å²) in [6.45, 7) is 5.27. The minimum absolute atomic E-state index is 0.0771. The number of aromatic amines is 1. The summed E-state index contributed by atoms with van der Waals surface area (Å²) >= 11 is 3.39. The number of H-pyrrole nitrogens is 1. The average molecular weight is 406 g/mol. The first-order valence-electron chi connectivity index (χ1n) is 7.46. The second kappa shape index (κ2) is 6.32. The van der Waals surface area contributed by atoms with E-state index in [9.17, 15) is 9.59 Å². The number of aromatic nitrogens is 4. The molecule has 0 saturated heterocycles. The van der Waals surface area contributed by atoms with Crippen LogP contribution in [0.3, 0.4) is 0 Å². The van der Waals surface area contributed by atoms with Gasteiger partial charge in [-0.05, 0) is 48.8 Å². The lowest BCUT2D eigenvalue weighted by atomic mass is 10.2. The molecule has 25 heavy (non-hydrogen) atoms. The quantitative estimate of drug-likeness (QED) is 0.652. The van der Waals surface area contributed by atoms with Crippen LogP contribution in [0.1, 0.15) is 41.7 Å². The first-order valence-corrected chi connectivity index (χ1v) is 8.25. The largest absolute Gasteiger partial charge is 0.455 e. The van der Waals surface area contributed by atoms with Crippen LogP contribution in [0, 0.1) is 0 Å². The average Bonchev–Trinajstić information content (AvgIpc) is 3.12. The maximum Gasteiger partial charge on any atom is 0.359 e. The maximum atomic E-state index is 12.5. The van der Waals surface area contributed by atoms with Crippen LogP contribution in [-0.4, -0.2) is 37.1 Å². The summed E-state index contributed by atoms with van der Waals surface area (Å²) in [5.74, 6) is -1.06. The molecule has 3 heterocycles. The predicted molar refractivity (Wildman–Crippen MR) is 94.6 cm³/mol. The lowest BCUT2D eigenvalue weighted by Crippen LogP contribution is -2.25. The number of anilines is 1. The Morgan fingerprint density at radius 3 is 2.80 bits per heavy atom. The third-order valence-corrected chi connectivity index (χ3v) is 3.78. The number of pyridine rings is 1. The van der Waals surface area contributed by atoms with Crippen LogP contribution in [0.15, 0.2) is 35.2 Å². The molecule has 2 N–H and O–H groups in total. The smallest absolute Gasteiger partial charge is 0.359 e. The van der Waals surface area contributed by atoms with Crippen LogP contribution in [0.4, 0.5) is 5.69 Å². The Bertz CT molecular complexity index is 954. The molecule has 0 atom stereocenters. The molecule has 1 amide bonds. The van der Waals surface area contributed by atoms with Gasteiger partial charge in [0.15, 0.2) is 11.3 Å². The van der Waals surface area contributed by atoms with Gasteiger partial charge >= 0.3 is 5.97 Å². The number of nitrogens with zero attached hydrogens (tertiary/aromatic N) is 3. The van der Waals surface area contributed by atoms with Crippen molar-refractivity contribution in [3.8, 4) is 0 Å². The molecule has 0 aliphatic heterocycles. The second-order valence-corrected chi connectivity index (χ2v) is 7.18. The molecule has 130 valence electrons. The Balaban J connectivity index is 1.83. The van der Waals surface area contributed by atoms with E-state index < -0.39 is 17.5 Å². The molecule has 0 unspecified atom stereocenters. The number of fused-ring (bicyclic) bond motifs is 1. The first kappa shape index (κ1) is 17.2. The van der Waals surface area contributed by atoms with Crippen molar-refractivity contribution in [3.63, 3.8) is 0 Å². The van der Waals surface area contributed by atoms with Gasteiger partial charge in [-0.3, -0.25) is 9.89 Å². The van der Waals surface area contributed by atoms with E-state index in [1.54, 1.807) is 37.6 Å². The molecule has 9 heteroatoms. The maximum absolute atomic E-state index is 12.5. The molecule has 8 nitrogen and oxygen atoms in total. The fourth-order valence-corrected chi connectivity index (χ4v) is 2.59. The van der Waals surface area contributed by atoms with Crippen molar-refractivity contribution >= 4 is 39.1 Å². The number of carbonyl (C=O) groups excluding carboxylic acids is 2. The number of esters is 1. The van der Waals surface area contributed by atoms with Crippen LogP contribution in [-0.2, 0) is 4.74 Å². The topological polar surface area (TPSA) is 101 Å². The molecule has 3 aromatic rings. The summed E-state index contributed by atoms with van der Waals surface area (Å²) in [6, 6.07) is 3.66. The van der Waals surface area contributed by atoms with Crippen LogP contribution in [0.25, 0.3) is 5.65 Å². The number of amides is 1. The van der Waals surface area contributed by atoms with Gasteiger partial charge in [0.1, 0.15) is 11.3 Å². The van der Waals surface area contributed by atoms with Crippen molar-refractivity contribution in [2.24, 2.45) is 0 Å². The molecule has 3 aromatic heterocycles. The summed E-state index contributed by atoms with van der Waals surface area (Å²) in [4.78, 5) is 28.9. The highest BCUT2D eigenvalue weighted by Crippen LogP contribution is 2.20. The molecule has 3 rings (SSSR count). The Morgan fingerprint density at radius 1 is 1.36 bits per heavy atom. The van der Waals surface area contributed by atoms with Crippen LogP contribution in [0.2, 0.25) is 0 Å². The summed E-state index contributed by atoms with van der Waals surface area (Å²) in [5.41, 5.74) is 0.483. The number of ether oxygens (including phenoxy) is 1. The normalized spacial score (nSPS) is 11.5. The van der Waals surface area contributed by atoms with E-state index in [4.69, 9.17) is 4.74 Å². The number of nitrogens with one attached hydrogen (secondary N) is 2. The molecule has 0 radical (unpaired) electrons. The third kappa shape index (κ3) is 3.71. The molecule has 0 aliphatic rings. The molecule has 0 aromatic carbocycles. The Hall–Kier alpha value is -2.68. The fourth-order valence-electron chi connectivity index (χ4n) is 2.14. The van der Waals surface area contributed by atoms with Crippen molar-refractivity contribution in [2.75, 3.05) is 5.32 Å². The lowest BCUT2D eigenvalue weighted by molar-refractivity contribution is 0.00640. The first-order chi connectivity index (χ1) is 11.7. The van der Waals surface area contributed by atoms with Crippen molar-refractivity contribution in [1.82, 2.24) is 19.6 Å². The molecular formula is C16H16BrN5O3. The van der Waals surface area contributed by atoms with Gasteiger partial charge in [0.05, 0.1) is 16.4 Å². The second-order valence-electron chi connectivity index (χ2n) is 6.33. The highest BCUT2D eigenvalue weighted by Gasteiger charge is 2.23. The van der Waals surface area contributed by atoms with E-state index in [0.717, 1.165) is 4.47 Å². The van der Waals surface area contributed by atoms with Crippen molar-refractivity contribution in [3.05, 3.63) is 46.6 Å². The molecule has 0 spiro atoms.